The fourth-order valence-corrected chi connectivity index (χ4v) is 3.12. The van der Waals surface area contributed by atoms with Crippen molar-refractivity contribution in [3.63, 3.8) is 0 Å². The van der Waals surface area contributed by atoms with Gasteiger partial charge in [-0.05, 0) is 30.5 Å². The molecule has 122 valence electrons. The summed E-state index contributed by atoms with van der Waals surface area (Å²) in [6.45, 7) is 5.80. The van der Waals surface area contributed by atoms with E-state index in [4.69, 9.17) is 0 Å². The van der Waals surface area contributed by atoms with E-state index in [2.05, 4.69) is 33.8 Å². The number of nitrogens with one attached hydrogen (secondary N) is 2. The highest BCUT2D eigenvalue weighted by Crippen LogP contribution is 2.25. The fraction of sp³-hybridized carbons (Fsp3) is 0.438. The second-order valence-electron chi connectivity index (χ2n) is 6.03. The highest BCUT2D eigenvalue weighted by atomic mass is 32.1. The van der Waals surface area contributed by atoms with Crippen LogP contribution in [0.25, 0.3) is 0 Å². The van der Waals surface area contributed by atoms with Gasteiger partial charge in [-0.1, -0.05) is 19.9 Å². The lowest BCUT2D eigenvalue weighted by atomic mass is 10.1. The standard InChI is InChI=1S/C16H21N5OS/c1-11(2)9-14-19-15(23-20-14)18-12-5-3-6-13(10-12)21-8-4-7-17-16(21)22/h3,5-6,10-11H,4,7-9H2,1-2H3,(H,17,22)(H,18,19,20). The summed E-state index contributed by atoms with van der Waals surface area (Å²) in [7, 11) is 0. The largest absolute Gasteiger partial charge is 0.338 e. The summed E-state index contributed by atoms with van der Waals surface area (Å²) in [4.78, 5) is 18.2. The van der Waals surface area contributed by atoms with Gasteiger partial charge in [-0.15, -0.1) is 0 Å². The molecular formula is C16H21N5OS. The van der Waals surface area contributed by atoms with E-state index >= 15 is 0 Å². The number of carbonyl (C=O) groups excluding carboxylic acids is 1. The molecule has 2 amide bonds. The highest BCUT2D eigenvalue weighted by Gasteiger charge is 2.19. The van der Waals surface area contributed by atoms with Crippen molar-refractivity contribution in [2.75, 3.05) is 23.3 Å². The summed E-state index contributed by atoms with van der Waals surface area (Å²) < 4.78 is 4.37. The smallest absolute Gasteiger partial charge is 0.321 e. The van der Waals surface area contributed by atoms with E-state index < -0.39 is 0 Å². The summed E-state index contributed by atoms with van der Waals surface area (Å²) in [6.07, 6.45) is 1.84. The predicted molar refractivity (Wildman–Crippen MR) is 93.5 cm³/mol. The third-order valence-electron chi connectivity index (χ3n) is 3.55. The topological polar surface area (TPSA) is 70.2 Å². The van der Waals surface area contributed by atoms with Gasteiger partial charge in [-0.3, -0.25) is 4.90 Å². The normalized spacial score (nSPS) is 14.9. The Morgan fingerprint density at radius 3 is 3.09 bits per heavy atom. The molecule has 0 saturated carbocycles. The van der Waals surface area contributed by atoms with Gasteiger partial charge in [-0.25, -0.2) is 9.78 Å². The van der Waals surface area contributed by atoms with Crippen molar-refractivity contribution in [3.8, 4) is 0 Å². The first-order valence-corrected chi connectivity index (χ1v) is 8.64. The first-order chi connectivity index (χ1) is 11.1. The van der Waals surface area contributed by atoms with E-state index in [0.717, 1.165) is 48.3 Å². The van der Waals surface area contributed by atoms with Crippen LogP contribution in [0.1, 0.15) is 26.1 Å². The van der Waals surface area contributed by atoms with Crippen molar-refractivity contribution in [2.45, 2.75) is 26.7 Å². The number of benzene rings is 1. The van der Waals surface area contributed by atoms with E-state index in [0.29, 0.717) is 5.92 Å². The number of urea groups is 1. The molecule has 1 aliphatic heterocycles. The Hall–Kier alpha value is -2.15. The number of amides is 2. The van der Waals surface area contributed by atoms with Crippen molar-refractivity contribution < 1.29 is 4.79 Å². The number of nitrogens with zero attached hydrogens (tertiary/aromatic N) is 3. The fourth-order valence-electron chi connectivity index (χ4n) is 2.50. The number of anilines is 3. The molecule has 2 heterocycles. The maximum atomic E-state index is 11.9. The number of carbonyl (C=O) groups is 1. The molecule has 3 rings (SSSR count). The van der Waals surface area contributed by atoms with Crippen LogP contribution in [-0.4, -0.2) is 28.5 Å². The maximum Gasteiger partial charge on any atom is 0.321 e. The summed E-state index contributed by atoms with van der Waals surface area (Å²) in [5.74, 6) is 1.41. The molecule has 7 heteroatoms. The highest BCUT2D eigenvalue weighted by molar-refractivity contribution is 7.09. The molecule has 0 atom stereocenters. The second kappa shape index (κ2) is 6.95. The van der Waals surface area contributed by atoms with Gasteiger partial charge in [0.05, 0.1) is 0 Å². The molecule has 1 saturated heterocycles. The Morgan fingerprint density at radius 2 is 2.30 bits per heavy atom. The van der Waals surface area contributed by atoms with Gasteiger partial charge in [0.1, 0.15) is 5.82 Å². The zero-order valence-electron chi connectivity index (χ0n) is 13.4. The summed E-state index contributed by atoms with van der Waals surface area (Å²) in [5.41, 5.74) is 1.80. The summed E-state index contributed by atoms with van der Waals surface area (Å²) >= 11 is 1.36. The number of aromatic nitrogens is 2. The Labute approximate surface area is 140 Å². The van der Waals surface area contributed by atoms with Crippen LogP contribution >= 0.6 is 11.5 Å². The van der Waals surface area contributed by atoms with E-state index in [1.807, 2.05) is 24.3 Å². The molecule has 1 aromatic carbocycles. The van der Waals surface area contributed by atoms with Crippen molar-refractivity contribution in [2.24, 2.45) is 5.92 Å². The van der Waals surface area contributed by atoms with Crippen molar-refractivity contribution in [3.05, 3.63) is 30.1 Å². The van der Waals surface area contributed by atoms with Gasteiger partial charge in [0, 0.05) is 42.4 Å². The molecule has 0 aliphatic carbocycles. The minimum atomic E-state index is -0.0384. The van der Waals surface area contributed by atoms with Crippen LogP contribution in [-0.2, 0) is 6.42 Å². The van der Waals surface area contributed by atoms with Crippen molar-refractivity contribution in [1.29, 1.82) is 0 Å². The first-order valence-electron chi connectivity index (χ1n) is 7.87. The molecule has 1 aromatic heterocycles. The lowest BCUT2D eigenvalue weighted by Gasteiger charge is -2.27. The molecule has 23 heavy (non-hydrogen) atoms. The Kier molecular flexibility index (Phi) is 4.76. The van der Waals surface area contributed by atoms with E-state index in [-0.39, 0.29) is 6.03 Å². The Balaban J connectivity index is 1.72. The van der Waals surface area contributed by atoms with Crippen LogP contribution in [0.2, 0.25) is 0 Å². The lowest BCUT2D eigenvalue weighted by Crippen LogP contribution is -2.46. The van der Waals surface area contributed by atoms with E-state index in [1.165, 1.54) is 11.5 Å². The van der Waals surface area contributed by atoms with Gasteiger partial charge in [0.2, 0.25) is 5.13 Å². The van der Waals surface area contributed by atoms with E-state index in [1.54, 1.807) is 4.90 Å². The first kappa shape index (κ1) is 15.7. The molecule has 0 spiro atoms. The molecule has 1 fully saturated rings. The second-order valence-corrected chi connectivity index (χ2v) is 6.78. The van der Waals surface area contributed by atoms with Crippen molar-refractivity contribution >= 4 is 34.1 Å². The number of hydrogen-bond acceptors (Lipinski definition) is 5. The number of rotatable bonds is 5. The van der Waals surface area contributed by atoms with Gasteiger partial charge >= 0.3 is 6.03 Å². The number of hydrogen-bond donors (Lipinski definition) is 2. The third-order valence-corrected chi connectivity index (χ3v) is 4.22. The zero-order valence-corrected chi connectivity index (χ0v) is 14.2. The monoisotopic (exact) mass is 331 g/mol. The third kappa shape index (κ3) is 3.98. The van der Waals surface area contributed by atoms with Crippen LogP contribution in [0.5, 0.6) is 0 Å². The maximum absolute atomic E-state index is 11.9. The van der Waals surface area contributed by atoms with Crippen molar-refractivity contribution in [1.82, 2.24) is 14.7 Å². The molecular weight excluding hydrogens is 310 g/mol. The Bertz CT molecular complexity index is 685. The minimum Gasteiger partial charge on any atom is -0.338 e. The Morgan fingerprint density at radius 1 is 1.43 bits per heavy atom. The van der Waals surface area contributed by atoms with Gasteiger partial charge in [0.15, 0.2) is 0 Å². The molecule has 6 nitrogen and oxygen atoms in total. The van der Waals surface area contributed by atoms with Crippen LogP contribution in [0, 0.1) is 5.92 Å². The molecule has 0 radical (unpaired) electrons. The SMILES string of the molecule is CC(C)Cc1nsc(Nc2cccc(N3CCCNC3=O)c2)n1. The molecule has 1 aliphatic rings. The average molecular weight is 331 g/mol. The summed E-state index contributed by atoms with van der Waals surface area (Å²) in [5, 5.41) is 6.92. The van der Waals surface area contributed by atoms with Gasteiger partial charge in [0.25, 0.3) is 0 Å². The average Bonchev–Trinajstić information content (AvgIpc) is 2.94. The van der Waals surface area contributed by atoms with Crippen LogP contribution < -0.4 is 15.5 Å². The molecule has 0 bridgehead atoms. The predicted octanol–water partition coefficient (Wildman–Crippen LogP) is 3.40. The van der Waals surface area contributed by atoms with Crippen LogP contribution in [0.4, 0.5) is 21.3 Å². The molecule has 0 unspecified atom stereocenters. The zero-order chi connectivity index (χ0) is 16.2. The van der Waals surface area contributed by atoms with Gasteiger partial charge in [-0.2, -0.15) is 4.37 Å². The minimum absolute atomic E-state index is 0.0384. The van der Waals surface area contributed by atoms with Gasteiger partial charge < -0.3 is 10.6 Å². The molecule has 2 N–H and O–H groups in total. The molecule has 2 aromatic rings. The summed E-state index contributed by atoms with van der Waals surface area (Å²) in [6, 6.07) is 7.78. The van der Waals surface area contributed by atoms with E-state index in [9.17, 15) is 4.79 Å². The van der Waals surface area contributed by atoms with Crippen LogP contribution in [0.3, 0.4) is 0 Å². The lowest BCUT2D eigenvalue weighted by molar-refractivity contribution is 0.243. The quantitative estimate of drug-likeness (QED) is 0.881. The van der Waals surface area contributed by atoms with Crippen LogP contribution in [0.15, 0.2) is 24.3 Å².